The van der Waals surface area contributed by atoms with Crippen molar-refractivity contribution in [2.75, 3.05) is 0 Å². The zero-order valence-corrected chi connectivity index (χ0v) is 18.2. The van der Waals surface area contributed by atoms with Crippen LogP contribution in [0.1, 0.15) is 33.4 Å². The van der Waals surface area contributed by atoms with E-state index in [1.54, 1.807) is 60.4 Å². The predicted octanol–water partition coefficient (Wildman–Crippen LogP) is 5.60. The van der Waals surface area contributed by atoms with Crippen molar-refractivity contribution in [3.05, 3.63) is 74.2 Å². The third-order valence-corrected chi connectivity index (χ3v) is 6.32. The molecule has 0 saturated heterocycles. The van der Waals surface area contributed by atoms with Crippen LogP contribution in [-0.2, 0) is 5.75 Å². The molecule has 0 aliphatic carbocycles. The molecule has 144 valence electrons. The molecule has 0 fully saturated rings. The minimum Gasteiger partial charge on any atom is -0.267 e. The van der Waals surface area contributed by atoms with Crippen LogP contribution in [0.4, 0.5) is 0 Å². The van der Waals surface area contributed by atoms with E-state index < -0.39 is 0 Å². The first-order valence-electron chi connectivity index (χ1n) is 8.24. The van der Waals surface area contributed by atoms with Crippen molar-refractivity contribution in [3.8, 4) is 0 Å². The number of halogens is 2. The summed E-state index contributed by atoms with van der Waals surface area (Å²) in [5, 5.41) is 14.2. The molecule has 0 radical (unpaired) electrons. The summed E-state index contributed by atoms with van der Waals surface area (Å²) in [4.78, 5) is 12.3. The smallest absolute Gasteiger partial charge is 0.267 e. The van der Waals surface area contributed by atoms with Gasteiger partial charge in [-0.3, -0.25) is 4.79 Å². The second kappa shape index (κ2) is 9.52. The molecule has 1 heterocycles. The van der Waals surface area contributed by atoms with Gasteiger partial charge < -0.3 is 0 Å². The maximum absolute atomic E-state index is 12.3. The number of carbonyl (C=O) groups is 1. The molecular formula is C19H16Cl2N4OS2. The normalized spacial score (nSPS) is 11.5. The Hall–Kier alpha value is -1.93. The van der Waals surface area contributed by atoms with E-state index in [9.17, 15) is 4.79 Å². The Kier molecular flexibility index (Phi) is 7.07. The Morgan fingerprint density at radius 1 is 1.18 bits per heavy atom. The summed E-state index contributed by atoms with van der Waals surface area (Å²) in [7, 11) is 0. The predicted molar refractivity (Wildman–Crippen MR) is 117 cm³/mol. The van der Waals surface area contributed by atoms with Crippen LogP contribution >= 0.6 is 46.3 Å². The SMILES string of the molecule is C/C(=N\NC(=O)c1ccc(CSc2nnc(C)s2)cc1)c1ccc(Cl)cc1Cl. The van der Waals surface area contributed by atoms with Gasteiger partial charge in [-0.25, -0.2) is 5.43 Å². The summed E-state index contributed by atoms with van der Waals surface area (Å²) in [6, 6.07) is 12.5. The van der Waals surface area contributed by atoms with Crippen LogP contribution in [0, 0.1) is 6.92 Å². The summed E-state index contributed by atoms with van der Waals surface area (Å²) in [6.45, 7) is 3.70. The Morgan fingerprint density at radius 2 is 1.93 bits per heavy atom. The number of aryl methyl sites for hydroxylation is 1. The number of hydrazone groups is 1. The van der Waals surface area contributed by atoms with Crippen LogP contribution in [0.2, 0.25) is 10.0 Å². The molecule has 0 bridgehead atoms. The van der Waals surface area contributed by atoms with Crippen LogP contribution in [0.5, 0.6) is 0 Å². The molecule has 0 unspecified atom stereocenters. The third-order valence-electron chi connectivity index (χ3n) is 3.73. The Balaban J connectivity index is 1.59. The second-order valence-corrected chi connectivity index (χ2v) is 9.08. The number of amides is 1. The van der Waals surface area contributed by atoms with Crippen LogP contribution < -0.4 is 5.43 Å². The summed E-state index contributed by atoms with van der Waals surface area (Å²) >= 11 is 15.3. The molecule has 28 heavy (non-hydrogen) atoms. The lowest BCUT2D eigenvalue weighted by Gasteiger charge is -2.06. The first-order valence-corrected chi connectivity index (χ1v) is 10.8. The Morgan fingerprint density at radius 3 is 2.57 bits per heavy atom. The molecule has 5 nitrogen and oxygen atoms in total. The van der Waals surface area contributed by atoms with Crippen molar-refractivity contribution in [1.29, 1.82) is 0 Å². The van der Waals surface area contributed by atoms with Crippen LogP contribution in [0.15, 0.2) is 51.9 Å². The fourth-order valence-corrected chi connectivity index (χ4v) is 4.59. The summed E-state index contributed by atoms with van der Waals surface area (Å²) in [6.07, 6.45) is 0. The van der Waals surface area contributed by atoms with E-state index in [0.29, 0.717) is 26.9 Å². The Labute approximate surface area is 181 Å². The van der Waals surface area contributed by atoms with Gasteiger partial charge in [-0.1, -0.05) is 64.5 Å². The molecule has 1 N–H and O–H groups in total. The molecule has 2 aromatic carbocycles. The highest BCUT2D eigenvalue weighted by atomic mass is 35.5. The van der Waals surface area contributed by atoms with Crippen LogP contribution in [-0.4, -0.2) is 21.8 Å². The average molecular weight is 451 g/mol. The van der Waals surface area contributed by atoms with Crippen molar-refractivity contribution in [1.82, 2.24) is 15.6 Å². The fraction of sp³-hybridized carbons (Fsp3) is 0.158. The maximum Gasteiger partial charge on any atom is 0.271 e. The van der Waals surface area contributed by atoms with E-state index in [1.807, 2.05) is 19.1 Å². The van der Waals surface area contributed by atoms with E-state index in [-0.39, 0.29) is 5.91 Å². The van der Waals surface area contributed by atoms with E-state index in [0.717, 1.165) is 20.7 Å². The van der Waals surface area contributed by atoms with Gasteiger partial charge in [0, 0.05) is 21.9 Å². The van der Waals surface area contributed by atoms with Gasteiger partial charge in [0.1, 0.15) is 5.01 Å². The topological polar surface area (TPSA) is 67.2 Å². The van der Waals surface area contributed by atoms with Gasteiger partial charge in [0.25, 0.3) is 5.91 Å². The molecule has 9 heteroatoms. The minimum atomic E-state index is -0.289. The van der Waals surface area contributed by atoms with Crippen molar-refractivity contribution < 1.29 is 4.79 Å². The van der Waals surface area contributed by atoms with Crippen LogP contribution in [0.3, 0.4) is 0 Å². The van der Waals surface area contributed by atoms with E-state index >= 15 is 0 Å². The first-order chi connectivity index (χ1) is 13.4. The van der Waals surface area contributed by atoms with Gasteiger partial charge in [-0.15, -0.1) is 10.2 Å². The molecule has 0 atom stereocenters. The molecule has 0 saturated carbocycles. The molecule has 1 aromatic heterocycles. The van der Waals surface area contributed by atoms with E-state index in [2.05, 4.69) is 20.7 Å². The summed E-state index contributed by atoms with van der Waals surface area (Å²) < 4.78 is 0.935. The number of nitrogens with zero attached hydrogens (tertiary/aromatic N) is 3. The molecule has 0 aliphatic rings. The van der Waals surface area contributed by atoms with Gasteiger partial charge in [0.15, 0.2) is 4.34 Å². The van der Waals surface area contributed by atoms with Gasteiger partial charge in [0.05, 0.1) is 10.7 Å². The lowest BCUT2D eigenvalue weighted by molar-refractivity contribution is 0.0955. The maximum atomic E-state index is 12.3. The Bertz CT molecular complexity index is 1020. The second-order valence-electron chi connectivity index (χ2n) is 5.83. The highest BCUT2D eigenvalue weighted by molar-refractivity contribution is 8.00. The highest BCUT2D eigenvalue weighted by Crippen LogP contribution is 2.25. The number of carbonyl (C=O) groups excluding carboxylic acids is 1. The number of thioether (sulfide) groups is 1. The summed E-state index contributed by atoms with van der Waals surface area (Å²) in [5.74, 6) is 0.478. The zero-order chi connectivity index (χ0) is 20.1. The van der Waals surface area contributed by atoms with Gasteiger partial charge in [-0.05, 0) is 43.7 Å². The first kappa shape index (κ1) is 20.8. The lowest BCUT2D eigenvalue weighted by Crippen LogP contribution is -2.19. The number of rotatable bonds is 6. The van der Waals surface area contributed by atoms with Gasteiger partial charge >= 0.3 is 0 Å². The van der Waals surface area contributed by atoms with Gasteiger partial charge in [0.2, 0.25) is 0 Å². The van der Waals surface area contributed by atoms with Gasteiger partial charge in [-0.2, -0.15) is 5.10 Å². The molecule has 3 aromatic rings. The van der Waals surface area contributed by atoms with E-state index in [1.165, 1.54) is 0 Å². The van der Waals surface area contributed by atoms with E-state index in [4.69, 9.17) is 23.2 Å². The minimum absolute atomic E-state index is 0.289. The van der Waals surface area contributed by atoms with Crippen LogP contribution in [0.25, 0.3) is 0 Å². The fourth-order valence-electron chi connectivity index (χ4n) is 2.28. The number of hydrogen-bond acceptors (Lipinski definition) is 6. The quantitative estimate of drug-likeness (QED) is 0.301. The molecular weight excluding hydrogens is 435 g/mol. The van der Waals surface area contributed by atoms with Crippen molar-refractivity contribution in [2.24, 2.45) is 5.10 Å². The third kappa shape index (κ3) is 5.54. The van der Waals surface area contributed by atoms with Crippen molar-refractivity contribution in [2.45, 2.75) is 23.9 Å². The van der Waals surface area contributed by atoms with Crippen molar-refractivity contribution in [3.63, 3.8) is 0 Å². The molecule has 3 rings (SSSR count). The zero-order valence-electron chi connectivity index (χ0n) is 15.1. The average Bonchev–Trinajstić information content (AvgIpc) is 3.10. The molecule has 1 amide bonds. The number of nitrogens with one attached hydrogen (secondary N) is 1. The molecule has 0 aliphatic heterocycles. The lowest BCUT2D eigenvalue weighted by atomic mass is 10.1. The standard InChI is InChI=1S/C19H16Cl2N4OS2/c1-11(16-8-7-15(20)9-17(16)21)22-24-18(26)14-5-3-13(4-6-14)10-27-19-25-23-12(2)28-19/h3-9H,10H2,1-2H3,(H,24,26)/b22-11+. The van der Waals surface area contributed by atoms with Crippen molar-refractivity contribution >= 4 is 57.9 Å². The highest BCUT2D eigenvalue weighted by Gasteiger charge is 2.08. The largest absolute Gasteiger partial charge is 0.271 e. The monoisotopic (exact) mass is 450 g/mol. The summed E-state index contributed by atoms with van der Waals surface area (Å²) in [5.41, 5.74) is 5.49. The molecule has 0 spiro atoms. The number of aromatic nitrogens is 2. The number of hydrogen-bond donors (Lipinski definition) is 1. The number of benzene rings is 2.